The largest absolute Gasteiger partial charge is 0.383 e. The fraction of sp³-hybridized carbons (Fsp3) is 0.474. The number of Topliss-reactive ketones (excluding diaryl/α,β-unsaturated/α-hetero) is 1. The van der Waals surface area contributed by atoms with E-state index in [-0.39, 0.29) is 17.6 Å². The molecule has 0 spiro atoms. The summed E-state index contributed by atoms with van der Waals surface area (Å²) in [6, 6.07) is 8.31. The molecule has 1 N–H and O–H groups in total. The highest BCUT2D eigenvalue weighted by Gasteiger charge is 2.68. The predicted octanol–water partition coefficient (Wildman–Crippen LogP) is 2.14. The third-order valence-corrected chi connectivity index (χ3v) is 6.66. The molecule has 118 valence electrons. The van der Waals surface area contributed by atoms with Crippen molar-refractivity contribution in [3.63, 3.8) is 0 Å². The third kappa shape index (κ3) is 1.29. The highest BCUT2D eigenvalue weighted by atomic mass is 16.3. The van der Waals surface area contributed by atoms with Crippen molar-refractivity contribution < 1.29 is 9.90 Å². The van der Waals surface area contributed by atoms with Crippen molar-refractivity contribution >= 4 is 17.2 Å². The van der Waals surface area contributed by atoms with Gasteiger partial charge in [0.15, 0.2) is 0 Å². The molecule has 2 saturated heterocycles. The first-order valence-corrected chi connectivity index (χ1v) is 8.30. The molecule has 3 heterocycles. The second-order valence-electron chi connectivity index (χ2n) is 7.59. The Morgan fingerprint density at radius 1 is 1.30 bits per heavy atom. The van der Waals surface area contributed by atoms with Crippen LogP contribution in [-0.2, 0) is 10.2 Å². The van der Waals surface area contributed by atoms with E-state index in [0.717, 1.165) is 29.9 Å². The number of carbonyl (C=O) groups excluding carboxylic acids is 1. The number of para-hydroxylation sites is 1. The van der Waals surface area contributed by atoms with E-state index in [2.05, 4.69) is 36.9 Å². The smallest absolute Gasteiger partial charge is 0.150 e. The number of hydrogen-bond acceptors (Lipinski definition) is 4. The van der Waals surface area contributed by atoms with Crippen molar-refractivity contribution in [2.45, 2.75) is 43.2 Å². The lowest BCUT2D eigenvalue weighted by atomic mass is 9.52. The lowest BCUT2D eigenvalue weighted by molar-refractivity contribution is -0.142. The lowest BCUT2D eigenvalue weighted by Gasteiger charge is -2.63. The SMILES string of the molecule is CC1=C[C@]2(O)CC(=O)CN3CC[C@@]14C(=Nc1ccccc14)[C@@]32C. The molecular weight excluding hydrogens is 288 g/mol. The number of allylic oxidation sites excluding steroid dienone is 1. The van der Waals surface area contributed by atoms with Crippen LogP contribution in [0.2, 0.25) is 0 Å². The number of piperidine rings is 2. The van der Waals surface area contributed by atoms with Gasteiger partial charge in [-0.05, 0) is 31.9 Å². The van der Waals surface area contributed by atoms with Gasteiger partial charge < -0.3 is 5.11 Å². The van der Waals surface area contributed by atoms with Gasteiger partial charge in [-0.15, -0.1) is 0 Å². The molecule has 0 unspecified atom stereocenters. The fourth-order valence-electron chi connectivity index (χ4n) is 5.46. The number of benzene rings is 1. The van der Waals surface area contributed by atoms with Gasteiger partial charge in [-0.25, -0.2) is 0 Å². The molecule has 0 amide bonds. The van der Waals surface area contributed by atoms with E-state index in [0.29, 0.717) is 6.54 Å². The summed E-state index contributed by atoms with van der Waals surface area (Å²) in [7, 11) is 0. The average molecular weight is 308 g/mol. The van der Waals surface area contributed by atoms with E-state index in [1.807, 2.05) is 12.1 Å². The maximum atomic E-state index is 12.2. The highest BCUT2D eigenvalue weighted by Crippen LogP contribution is 2.60. The molecule has 2 fully saturated rings. The number of carbonyl (C=O) groups is 1. The highest BCUT2D eigenvalue weighted by molar-refractivity contribution is 6.13. The molecule has 4 aliphatic rings. The van der Waals surface area contributed by atoms with Crippen molar-refractivity contribution in [2.75, 3.05) is 13.1 Å². The molecule has 2 bridgehead atoms. The van der Waals surface area contributed by atoms with E-state index >= 15 is 0 Å². The summed E-state index contributed by atoms with van der Waals surface area (Å²) < 4.78 is 0. The quantitative estimate of drug-likeness (QED) is 0.747. The molecule has 0 saturated carbocycles. The van der Waals surface area contributed by atoms with Gasteiger partial charge in [0.2, 0.25) is 0 Å². The zero-order chi connectivity index (χ0) is 16.0. The second-order valence-corrected chi connectivity index (χ2v) is 7.59. The van der Waals surface area contributed by atoms with E-state index in [9.17, 15) is 9.90 Å². The van der Waals surface area contributed by atoms with Crippen LogP contribution in [0.3, 0.4) is 0 Å². The van der Waals surface area contributed by atoms with E-state index < -0.39 is 11.1 Å². The Hall–Kier alpha value is -1.78. The van der Waals surface area contributed by atoms with Crippen LogP contribution in [0.15, 0.2) is 40.9 Å². The van der Waals surface area contributed by atoms with Crippen LogP contribution >= 0.6 is 0 Å². The molecular formula is C19H20N2O2. The number of aliphatic imine (C=N–C) groups is 1. The Morgan fingerprint density at radius 2 is 2.09 bits per heavy atom. The summed E-state index contributed by atoms with van der Waals surface area (Å²) in [5, 5.41) is 11.4. The Kier molecular flexibility index (Phi) is 2.27. The molecule has 3 atom stereocenters. The Morgan fingerprint density at radius 3 is 2.91 bits per heavy atom. The van der Waals surface area contributed by atoms with Crippen molar-refractivity contribution in [3.05, 3.63) is 41.5 Å². The van der Waals surface area contributed by atoms with Crippen LogP contribution in [0.4, 0.5) is 5.69 Å². The number of aliphatic hydroxyl groups is 1. The minimum absolute atomic E-state index is 0.111. The Balaban J connectivity index is 1.87. The van der Waals surface area contributed by atoms with Crippen LogP contribution in [0.1, 0.15) is 32.3 Å². The summed E-state index contributed by atoms with van der Waals surface area (Å²) in [6.45, 7) is 5.38. The van der Waals surface area contributed by atoms with Gasteiger partial charge in [0.05, 0.1) is 28.9 Å². The normalized spacial score (nSPS) is 41.1. The number of rotatable bonds is 0. The first kappa shape index (κ1) is 13.6. The number of fused-ring (bicyclic) bond motifs is 1. The maximum absolute atomic E-state index is 12.2. The maximum Gasteiger partial charge on any atom is 0.150 e. The monoisotopic (exact) mass is 308 g/mol. The van der Waals surface area contributed by atoms with Crippen LogP contribution < -0.4 is 0 Å². The Labute approximate surface area is 135 Å². The standard InChI is InChI=1S/C19H20N2O2/c1-12-9-18(23)10-13(22)11-21-8-7-19(12)14-5-3-4-6-15(14)20-16(19)17(18,21)2/h3-6,9,23H,7-8,10-11H2,1-2H3/t17-,18+,19-/m1/s1. The van der Waals surface area contributed by atoms with Gasteiger partial charge in [-0.2, -0.15) is 0 Å². The van der Waals surface area contributed by atoms with Crippen molar-refractivity contribution in [2.24, 2.45) is 4.99 Å². The molecule has 1 aromatic carbocycles. The minimum atomic E-state index is -1.16. The first-order valence-electron chi connectivity index (χ1n) is 8.30. The Bertz CT molecular complexity index is 826. The van der Waals surface area contributed by atoms with Crippen LogP contribution in [0.5, 0.6) is 0 Å². The average Bonchev–Trinajstić information content (AvgIpc) is 2.85. The van der Waals surface area contributed by atoms with E-state index in [1.165, 1.54) is 5.56 Å². The van der Waals surface area contributed by atoms with Gasteiger partial charge in [0.25, 0.3) is 0 Å². The minimum Gasteiger partial charge on any atom is -0.383 e. The topological polar surface area (TPSA) is 52.9 Å². The molecule has 0 radical (unpaired) electrons. The van der Waals surface area contributed by atoms with Gasteiger partial charge in [-0.1, -0.05) is 29.8 Å². The summed E-state index contributed by atoms with van der Waals surface area (Å²) in [4.78, 5) is 19.3. The fourth-order valence-corrected chi connectivity index (χ4v) is 5.46. The van der Waals surface area contributed by atoms with Crippen LogP contribution in [-0.4, -0.2) is 45.7 Å². The molecule has 1 aliphatic carbocycles. The lowest BCUT2D eigenvalue weighted by Crippen LogP contribution is -2.78. The molecule has 3 aliphatic heterocycles. The molecule has 4 nitrogen and oxygen atoms in total. The third-order valence-electron chi connectivity index (χ3n) is 6.66. The molecule has 5 rings (SSSR count). The van der Waals surface area contributed by atoms with Crippen LogP contribution in [0, 0.1) is 0 Å². The van der Waals surface area contributed by atoms with Crippen molar-refractivity contribution in [1.82, 2.24) is 4.90 Å². The zero-order valence-corrected chi connectivity index (χ0v) is 13.5. The summed E-state index contributed by atoms with van der Waals surface area (Å²) in [6.07, 6.45) is 3.06. The van der Waals surface area contributed by atoms with E-state index in [4.69, 9.17) is 4.99 Å². The molecule has 23 heavy (non-hydrogen) atoms. The van der Waals surface area contributed by atoms with Gasteiger partial charge in [-0.3, -0.25) is 14.7 Å². The van der Waals surface area contributed by atoms with E-state index in [1.54, 1.807) is 0 Å². The first-order chi connectivity index (χ1) is 10.9. The summed E-state index contributed by atoms with van der Waals surface area (Å²) >= 11 is 0. The van der Waals surface area contributed by atoms with Crippen molar-refractivity contribution in [3.8, 4) is 0 Å². The number of hydrogen-bond donors (Lipinski definition) is 1. The molecule has 4 heteroatoms. The number of ketones is 1. The van der Waals surface area contributed by atoms with Crippen molar-refractivity contribution in [1.29, 1.82) is 0 Å². The van der Waals surface area contributed by atoms with Gasteiger partial charge in [0.1, 0.15) is 11.4 Å². The predicted molar refractivity (Wildman–Crippen MR) is 88.1 cm³/mol. The zero-order valence-electron chi connectivity index (χ0n) is 13.5. The summed E-state index contributed by atoms with van der Waals surface area (Å²) in [5.41, 5.74) is 2.48. The molecule has 1 aromatic rings. The van der Waals surface area contributed by atoms with Gasteiger partial charge in [0, 0.05) is 13.0 Å². The van der Waals surface area contributed by atoms with Gasteiger partial charge >= 0.3 is 0 Å². The number of nitrogens with zero attached hydrogens (tertiary/aromatic N) is 2. The second kappa shape index (κ2) is 3.82. The summed E-state index contributed by atoms with van der Waals surface area (Å²) in [5.74, 6) is 0.111. The molecule has 0 aromatic heterocycles. The van der Waals surface area contributed by atoms with Crippen LogP contribution in [0.25, 0.3) is 0 Å².